The molecule has 94 valence electrons. The Morgan fingerprint density at radius 3 is 1.94 bits per heavy atom. The van der Waals surface area contributed by atoms with Gasteiger partial charge >= 0.3 is 0 Å². The Morgan fingerprint density at radius 1 is 0.722 bits per heavy atom. The van der Waals surface area contributed by atoms with Crippen LogP contribution in [-0.4, -0.2) is 0 Å². The second-order valence-corrected chi connectivity index (χ2v) is 6.01. The first-order chi connectivity index (χ1) is 8.59. The molecule has 0 radical (unpaired) electrons. The van der Waals surface area contributed by atoms with Crippen LogP contribution in [0.25, 0.3) is 11.1 Å². The van der Waals surface area contributed by atoms with Gasteiger partial charge in [-0.2, -0.15) is 0 Å². The van der Waals surface area contributed by atoms with Gasteiger partial charge in [0.15, 0.2) is 0 Å². The molecular weight excluding hydrogens is 310 g/mol. The smallest absolute Gasteiger partial charge is 0.100 e. The van der Waals surface area contributed by atoms with Crippen LogP contribution in [-0.2, 0) is 0 Å². The van der Waals surface area contributed by atoms with E-state index in [1.807, 2.05) is 48.5 Å². The van der Waals surface area contributed by atoms with Crippen molar-refractivity contribution in [2.45, 2.75) is 9.67 Å². The maximum Gasteiger partial charge on any atom is 0.133 e. The Labute approximate surface area is 126 Å². The van der Waals surface area contributed by atoms with Crippen molar-refractivity contribution in [3.63, 3.8) is 0 Å². The van der Waals surface area contributed by atoms with Crippen LogP contribution >= 0.6 is 46.4 Å². The molecule has 2 aromatic rings. The van der Waals surface area contributed by atoms with Gasteiger partial charge in [0.25, 0.3) is 0 Å². The normalized spacial score (nSPS) is 11.2. The summed E-state index contributed by atoms with van der Waals surface area (Å²) in [7, 11) is 0. The molecule has 0 N–H and O–H groups in total. The molecule has 0 nitrogen and oxygen atoms in total. The number of hydrogen-bond donors (Lipinski definition) is 0. The van der Waals surface area contributed by atoms with E-state index in [2.05, 4.69) is 0 Å². The maximum atomic E-state index is 6.01. The largest absolute Gasteiger partial charge is 0.133 e. The molecule has 0 atom stereocenters. The average Bonchev–Trinajstić information content (AvgIpc) is 2.39. The molecule has 0 fully saturated rings. The summed E-state index contributed by atoms with van der Waals surface area (Å²) in [5, 5.41) is 0. The molecular formula is C14H10Cl4. The first-order valence-corrected chi connectivity index (χ1v) is 7.09. The van der Waals surface area contributed by atoms with Crippen LogP contribution in [0.5, 0.6) is 0 Å². The third kappa shape index (κ3) is 3.13. The number of alkyl halides is 4. The van der Waals surface area contributed by atoms with Gasteiger partial charge in [-0.25, -0.2) is 0 Å². The summed E-state index contributed by atoms with van der Waals surface area (Å²) in [6.07, 6.45) is 0. The van der Waals surface area contributed by atoms with Crippen molar-refractivity contribution in [3.05, 3.63) is 59.7 Å². The van der Waals surface area contributed by atoms with E-state index >= 15 is 0 Å². The highest BCUT2D eigenvalue weighted by molar-refractivity contribution is 6.45. The van der Waals surface area contributed by atoms with Gasteiger partial charge < -0.3 is 0 Å². The van der Waals surface area contributed by atoms with Gasteiger partial charge in [-0.15, -0.1) is 46.4 Å². The van der Waals surface area contributed by atoms with E-state index in [9.17, 15) is 0 Å². The van der Waals surface area contributed by atoms with Gasteiger partial charge in [0, 0.05) is 0 Å². The predicted octanol–water partition coefficient (Wildman–Crippen LogP) is 6.31. The first kappa shape index (κ1) is 14.0. The lowest BCUT2D eigenvalue weighted by Crippen LogP contribution is -1.92. The topological polar surface area (TPSA) is 0 Å². The van der Waals surface area contributed by atoms with Crippen molar-refractivity contribution in [3.8, 4) is 11.1 Å². The van der Waals surface area contributed by atoms with E-state index in [4.69, 9.17) is 46.4 Å². The average molecular weight is 320 g/mol. The minimum absolute atomic E-state index is 0.583. The van der Waals surface area contributed by atoms with E-state index in [-0.39, 0.29) is 0 Å². The first-order valence-electron chi connectivity index (χ1n) is 5.35. The number of rotatable bonds is 3. The van der Waals surface area contributed by atoms with Crippen molar-refractivity contribution >= 4 is 46.4 Å². The van der Waals surface area contributed by atoms with Crippen molar-refractivity contribution in [1.29, 1.82) is 0 Å². The zero-order chi connectivity index (χ0) is 13.1. The number of hydrogen-bond acceptors (Lipinski definition) is 0. The van der Waals surface area contributed by atoms with E-state index in [1.54, 1.807) is 0 Å². The fraction of sp³-hybridized carbons (Fsp3) is 0.143. The molecule has 0 aliphatic heterocycles. The molecule has 0 saturated heterocycles. The summed E-state index contributed by atoms with van der Waals surface area (Å²) in [5.74, 6) is 0. The molecule has 0 heterocycles. The molecule has 0 aliphatic rings. The second kappa shape index (κ2) is 6.16. The standard InChI is InChI=1S/C14H10Cl4/c15-13(16)10-6-7-11(12(8-10)14(17)18)9-4-2-1-3-5-9/h1-8,13-14H. The Balaban J connectivity index is 2.54. The lowest BCUT2D eigenvalue weighted by atomic mass is 9.99. The summed E-state index contributed by atoms with van der Waals surface area (Å²) in [6, 6.07) is 15.6. The lowest BCUT2D eigenvalue weighted by Gasteiger charge is -2.13. The molecule has 4 heteroatoms. The highest BCUT2D eigenvalue weighted by Gasteiger charge is 2.14. The maximum absolute atomic E-state index is 6.01. The molecule has 0 bridgehead atoms. The van der Waals surface area contributed by atoms with Crippen LogP contribution in [0, 0.1) is 0 Å². The van der Waals surface area contributed by atoms with Crippen LogP contribution < -0.4 is 0 Å². The summed E-state index contributed by atoms with van der Waals surface area (Å²) in [5.41, 5.74) is 3.65. The van der Waals surface area contributed by atoms with Crippen LogP contribution in [0.1, 0.15) is 20.8 Å². The van der Waals surface area contributed by atoms with Crippen LogP contribution in [0.4, 0.5) is 0 Å². The third-order valence-corrected chi connectivity index (χ3v) is 3.62. The monoisotopic (exact) mass is 318 g/mol. The van der Waals surface area contributed by atoms with E-state index in [1.165, 1.54) is 0 Å². The molecule has 0 amide bonds. The number of benzene rings is 2. The van der Waals surface area contributed by atoms with Crippen molar-refractivity contribution in [1.82, 2.24) is 0 Å². The fourth-order valence-electron chi connectivity index (χ4n) is 1.78. The van der Waals surface area contributed by atoms with E-state index in [0.717, 1.165) is 22.3 Å². The van der Waals surface area contributed by atoms with E-state index < -0.39 is 9.67 Å². The molecule has 2 rings (SSSR count). The molecule has 0 spiro atoms. The summed E-state index contributed by atoms with van der Waals surface area (Å²) in [6.45, 7) is 0. The van der Waals surface area contributed by atoms with Crippen molar-refractivity contribution in [2.75, 3.05) is 0 Å². The minimum atomic E-state index is -0.618. The zero-order valence-electron chi connectivity index (χ0n) is 9.29. The van der Waals surface area contributed by atoms with Gasteiger partial charge in [0.1, 0.15) is 9.67 Å². The SMILES string of the molecule is ClC(Cl)c1ccc(-c2ccccc2)c(C(Cl)Cl)c1. The van der Waals surface area contributed by atoms with Crippen LogP contribution in [0.2, 0.25) is 0 Å². The molecule has 18 heavy (non-hydrogen) atoms. The lowest BCUT2D eigenvalue weighted by molar-refractivity contribution is 1.27. The highest BCUT2D eigenvalue weighted by Crippen LogP contribution is 2.37. The van der Waals surface area contributed by atoms with Gasteiger partial charge in [-0.1, -0.05) is 42.5 Å². The second-order valence-electron chi connectivity index (χ2n) is 3.81. The van der Waals surface area contributed by atoms with Gasteiger partial charge in [0.2, 0.25) is 0 Å². The predicted molar refractivity (Wildman–Crippen MR) is 80.8 cm³/mol. The molecule has 0 aliphatic carbocycles. The third-order valence-electron chi connectivity index (χ3n) is 2.65. The molecule has 0 unspecified atom stereocenters. The van der Waals surface area contributed by atoms with Crippen LogP contribution in [0.3, 0.4) is 0 Å². The Morgan fingerprint density at radius 2 is 1.39 bits per heavy atom. The minimum Gasteiger partial charge on any atom is -0.100 e. The Hall–Kier alpha value is -0.400. The van der Waals surface area contributed by atoms with E-state index in [0.29, 0.717) is 0 Å². The Bertz CT molecular complexity index is 521. The van der Waals surface area contributed by atoms with Gasteiger partial charge in [-0.05, 0) is 28.3 Å². The molecule has 2 aromatic carbocycles. The summed E-state index contributed by atoms with van der Waals surface area (Å²) in [4.78, 5) is -1.20. The van der Waals surface area contributed by atoms with Crippen molar-refractivity contribution in [2.24, 2.45) is 0 Å². The van der Waals surface area contributed by atoms with Crippen molar-refractivity contribution < 1.29 is 0 Å². The van der Waals surface area contributed by atoms with Gasteiger partial charge in [0.05, 0.1) is 0 Å². The summed E-state index contributed by atoms with van der Waals surface area (Å²) < 4.78 is 0. The molecule has 0 saturated carbocycles. The molecule has 0 aromatic heterocycles. The quantitative estimate of drug-likeness (QED) is 0.582. The number of halogens is 4. The zero-order valence-corrected chi connectivity index (χ0v) is 12.3. The fourth-order valence-corrected chi connectivity index (χ4v) is 2.41. The highest BCUT2D eigenvalue weighted by atomic mass is 35.5. The Kier molecular flexibility index (Phi) is 4.80. The van der Waals surface area contributed by atoms with Crippen LogP contribution in [0.15, 0.2) is 48.5 Å². The van der Waals surface area contributed by atoms with Gasteiger partial charge in [-0.3, -0.25) is 0 Å². The summed E-state index contributed by atoms with van der Waals surface area (Å²) >= 11 is 23.7.